The zero-order valence-electron chi connectivity index (χ0n) is 10.7. The first-order valence-corrected chi connectivity index (χ1v) is 7.24. The normalized spacial score (nSPS) is 23.9. The Morgan fingerprint density at radius 3 is 3.17 bits per heavy atom. The molecule has 0 radical (unpaired) electrons. The molecular formula is C14H20N2OS. The Morgan fingerprint density at radius 1 is 1.61 bits per heavy atom. The third kappa shape index (κ3) is 2.93. The second-order valence-corrected chi connectivity index (χ2v) is 5.75. The van der Waals surface area contributed by atoms with Gasteiger partial charge in [-0.05, 0) is 30.3 Å². The van der Waals surface area contributed by atoms with Crippen molar-refractivity contribution in [1.82, 2.24) is 4.90 Å². The highest BCUT2D eigenvalue weighted by atomic mass is 32.1. The highest BCUT2D eigenvalue weighted by Gasteiger charge is 2.30. The molecule has 1 aliphatic rings. The van der Waals surface area contributed by atoms with Crippen LogP contribution in [-0.2, 0) is 6.54 Å². The van der Waals surface area contributed by atoms with E-state index in [2.05, 4.69) is 35.1 Å². The molecule has 0 spiro atoms. The summed E-state index contributed by atoms with van der Waals surface area (Å²) in [6.45, 7) is 4.81. The number of rotatable bonds is 3. The zero-order valence-corrected chi connectivity index (χ0v) is 11.5. The zero-order chi connectivity index (χ0) is 13.0. The summed E-state index contributed by atoms with van der Waals surface area (Å²) in [7, 11) is 0. The van der Waals surface area contributed by atoms with E-state index in [0.717, 1.165) is 18.7 Å². The van der Waals surface area contributed by atoms with Crippen LogP contribution in [0, 0.1) is 17.8 Å². The molecule has 2 heterocycles. The van der Waals surface area contributed by atoms with Crippen molar-refractivity contribution in [1.29, 1.82) is 0 Å². The van der Waals surface area contributed by atoms with Crippen molar-refractivity contribution in [2.45, 2.75) is 25.9 Å². The lowest BCUT2D eigenvalue weighted by Crippen LogP contribution is -2.34. The van der Waals surface area contributed by atoms with Crippen LogP contribution in [0.3, 0.4) is 0 Å². The molecule has 3 N–H and O–H groups in total. The van der Waals surface area contributed by atoms with Crippen molar-refractivity contribution in [3.05, 3.63) is 21.9 Å². The third-order valence-corrected chi connectivity index (χ3v) is 4.51. The number of nitrogens with zero attached hydrogens (tertiary/aromatic N) is 1. The molecule has 1 aromatic heterocycles. The molecule has 1 aliphatic heterocycles. The molecule has 0 aliphatic carbocycles. The Kier molecular flexibility index (Phi) is 4.79. The first-order valence-electron chi connectivity index (χ1n) is 6.36. The average molecular weight is 264 g/mol. The lowest BCUT2D eigenvalue weighted by molar-refractivity contribution is 0.135. The van der Waals surface area contributed by atoms with Crippen LogP contribution in [-0.4, -0.2) is 35.7 Å². The maximum Gasteiger partial charge on any atom is 0.0589 e. The van der Waals surface area contributed by atoms with Gasteiger partial charge in [0, 0.05) is 23.0 Å². The summed E-state index contributed by atoms with van der Waals surface area (Å²) in [5.41, 5.74) is 6.49. The Morgan fingerprint density at radius 2 is 2.44 bits per heavy atom. The van der Waals surface area contributed by atoms with Crippen LogP contribution in [0.15, 0.2) is 11.4 Å². The van der Waals surface area contributed by atoms with Crippen LogP contribution in [0.2, 0.25) is 0 Å². The predicted octanol–water partition coefficient (Wildman–Crippen LogP) is 1.26. The Labute approximate surface area is 113 Å². The predicted molar refractivity (Wildman–Crippen MR) is 75.3 cm³/mol. The lowest BCUT2D eigenvalue weighted by atomic mass is 10.0. The van der Waals surface area contributed by atoms with Gasteiger partial charge < -0.3 is 10.8 Å². The summed E-state index contributed by atoms with van der Waals surface area (Å²) in [6.07, 6.45) is 1.17. The maximum absolute atomic E-state index is 9.46. The lowest BCUT2D eigenvalue weighted by Gasteiger charge is -2.24. The van der Waals surface area contributed by atoms with Crippen molar-refractivity contribution >= 4 is 11.3 Å². The van der Waals surface area contributed by atoms with E-state index in [1.807, 2.05) is 0 Å². The Bertz CT molecular complexity index is 446. The fourth-order valence-electron chi connectivity index (χ4n) is 2.48. The molecule has 0 amide bonds. The molecule has 2 rings (SSSR count). The van der Waals surface area contributed by atoms with E-state index in [1.54, 1.807) is 11.3 Å². The third-order valence-electron chi connectivity index (χ3n) is 3.60. The minimum atomic E-state index is 0.246. The minimum Gasteiger partial charge on any atom is -0.395 e. The van der Waals surface area contributed by atoms with Gasteiger partial charge in [0.15, 0.2) is 0 Å². The monoisotopic (exact) mass is 264 g/mol. The van der Waals surface area contributed by atoms with E-state index < -0.39 is 0 Å². The summed E-state index contributed by atoms with van der Waals surface area (Å²) in [6, 6.07) is 2.35. The molecule has 1 aromatic rings. The fourth-order valence-corrected chi connectivity index (χ4v) is 3.34. The van der Waals surface area contributed by atoms with Gasteiger partial charge in [-0.1, -0.05) is 18.8 Å². The number of thiophene rings is 1. The molecule has 1 fully saturated rings. The maximum atomic E-state index is 9.46. The second kappa shape index (κ2) is 6.35. The van der Waals surface area contributed by atoms with Gasteiger partial charge in [-0.25, -0.2) is 0 Å². The van der Waals surface area contributed by atoms with Crippen LogP contribution >= 0.6 is 11.3 Å². The largest absolute Gasteiger partial charge is 0.395 e. The van der Waals surface area contributed by atoms with Crippen molar-refractivity contribution in [2.24, 2.45) is 11.7 Å². The van der Waals surface area contributed by atoms with Gasteiger partial charge in [-0.3, -0.25) is 4.90 Å². The first-order chi connectivity index (χ1) is 8.76. The summed E-state index contributed by atoms with van der Waals surface area (Å²) < 4.78 is 0. The smallest absolute Gasteiger partial charge is 0.0589 e. The van der Waals surface area contributed by atoms with Crippen LogP contribution < -0.4 is 5.73 Å². The molecule has 2 unspecified atom stereocenters. The SMILES string of the molecule is CC1CCN(Cc2sccc2C#CCN)C1CO. The summed E-state index contributed by atoms with van der Waals surface area (Å²) in [5.74, 6) is 6.60. The van der Waals surface area contributed by atoms with Gasteiger partial charge in [0.2, 0.25) is 0 Å². The second-order valence-electron chi connectivity index (χ2n) is 4.75. The number of aliphatic hydroxyl groups is 1. The van der Waals surface area contributed by atoms with E-state index in [9.17, 15) is 5.11 Å². The molecule has 2 atom stereocenters. The van der Waals surface area contributed by atoms with Gasteiger partial charge >= 0.3 is 0 Å². The van der Waals surface area contributed by atoms with Crippen LogP contribution in [0.1, 0.15) is 23.8 Å². The minimum absolute atomic E-state index is 0.246. The van der Waals surface area contributed by atoms with Gasteiger partial charge in [-0.15, -0.1) is 11.3 Å². The topological polar surface area (TPSA) is 49.5 Å². The Balaban J connectivity index is 2.07. The van der Waals surface area contributed by atoms with E-state index in [1.165, 1.54) is 11.3 Å². The van der Waals surface area contributed by atoms with Crippen molar-refractivity contribution in [2.75, 3.05) is 19.7 Å². The number of hydrogen-bond acceptors (Lipinski definition) is 4. The van der Waals surface area contributed by atoms with Crippen molar-refractivity contribution in [3.63, 3.8) is 0 Å². The first kappa shape index (κ1) is 13.6. The number of hydrogen-bond donors (Lipinski definition) is 2. The van der Waals surface area contributed by atoms with Crippen molar-refractivity contribution in [3.8, 4) is 11.8 Å². The number of aliphatic hydroxyl groups excluding tert-OH is 1. The van der Waals surface area contributed by atoms with Crippen LogP contribution in [0.25, 0.3) is 0 Å². The van der Waals surface area contributed by atoms with Crippen LogP contribution in [0.5, 0.6) is 0 Å². The molecule has 98 valence electrons. The molecule has 0 aromatic carbocycles. The van der Waals surface area contributed by atoms with Crippen molar-refractivity contribution < 1.29 is 5.11 Å². The van der Waals surface area contributed by atoms with E-state index in [-0.39, 0.29) is 6.61 Å². The molecule has 0 bridgehead atoms. The summed E-state index contributed by atoms with van der Waals surface area (Å²) >= 11 is 1.73. The average Bonchev–Trinajstić information content (AvgIpc) is 2.94. The molecule has 18 heavy (non-hydrogen) atoms. The highest BCUT2D eigenvalue weighted by molar-refractivity contribution is 7.10. The Hall–Kier alpha value is -0.860. The quantitative estimate of drug-likeness (QED) is 0.808. The number of nitrogens with two attached hydrogens (primary N) is 1. The molecule has 0 saturated carbocycles. The van der Waals surface area contributed by atoms with E-state index >= 15 is 0 Å². The standard InChI is InChI=1S/C14H20N2OS/c1-11-4-7-16(13(11)10-17)9-14-12(3-2-6-15)5-8-18-14/h5,8,11,13,17H,4,6-7,9-10,15H2,1H3. The van der Waals surface area contributed by atoms with Crippen LogP contribution in [0.4, 0.5) is 0 Å². The molecular weight excluding hydrogens is 244 g/mol. The van der Waals surface area contributed by atoms with Gasteiger partial charge in [0.1, 0.15) is 0 Å². The van der Waals surface area contributed by atoms with Gasteiger partial charge in [0.05, 0.1) is 13.2 Å². The van der Waals surface area contributed by atoms with Gasteiger partial charge in [0.25, 0.3) is 0 Å². The highest BCUT2D eigenvalue weighted by Crippen LogP contribution is 2.27. The molecule has 3 nitrogen and oxygen atoms in total. The van der Waals surface area contributed by atoms with E-state index in [0.29, 0.717) is 18.5 Å². The summed E-state index contributed by atoms with van der Waals surface area (Å²) in [4.78, 5) is 3.65. The molecule has 4 heteroatoms. The fraction of sp³-hybridized carbons (Fsp3) is 0.571. The van der Waals surface area contributed by atoms with E-state index in [4.69, 9.17) is 5.73 Å². The molecule has 1 saturated heterocycles. The summed E-state index contributed by atoms with van der Waals surface area (Å²) in [5, 5.41) is 11.5. The number of likely N-dealkylation sites (tertiary alicyclic amines) is 1. The van der Waals surface area contributed by atoms with Gasteiger partial charge in [-0.2, -0.15) is 0 Å².